The van der Waals surface area contributed by atoms with Crippen molar-refractivity contribution in [3.63, 3.8) is 0 Å². The van der Waals surface area contributed by atoms with Gasteiger partial charge in [-0.15, -0.1) is 0 Å². The highest BCUT2D eigenvalue weighted by Gasteiger charge is 2.65. The van der Waals surface area contributed by atoms with Crippen LogP contribution in [-0.2, 0) is 23.9 Å². The van der Waals surface area contributed by atoms with Crippen molar-refractivity contribution in [2.24, 2.45) is 28.6 Å². The number of hydrogen-bond acceptors (Lipinski definition) is 6. The maximum absolute atomic E-state index is 14.6. The number of allylic oxidation sites excluding steroid dienone is 3. The second-order valence-electron chi connectivity index (χ2n) is 13.0. The van der Waals surface area contributed by atoms with Crippen LogP contribution in [0.2, 0.25) is 0 Å². The summed E-state index contributed by atoms with van der Waals surface area (Å²) in [6.45, 7) is 15.7. The second-order valence-corrected chi connectivity index (χ2v) is 13.0. The Labute approximate surface area is 235 Å². The van der Waals surface area contributed by atoms with Crippen molar-refractivity contribution in [1.82, 2.24) is 0 Å². The molecule has 1 saturated carbocycles. The largest absolute Gasteiger partial charge is 0.459 e. The first kappa shape index (κ1) is 31.3. The van der Waals surface area contributed by atoms with Crippen LogP contribution >= 0.6 is 0 Å². The number of unbranched alkanes of at least 4 members (excludes halogenated alkanes) is 4. The molecule has 1 spiro atoms. The number of carbonyl (C=O) groups is 3. The van der Waals surface area contributed by atoms with Crippen molar-refractivity contribution in [3.05, 3.63) is 34.9 Å². The third kappa shape index (κ3) is 5.82. The van der Waals surface area contributed by atoms with Crippen LogP contribution in [0, 0.1) is 28.6 Å². The number of fused-ring (bicyclic) bond motifs is 1. The Balaban J connectivity index is 1.99. The highest BCUT2D eigenvalue weighted by Crippen LogP contribution is 2.62. The minimum atomic E-state index is -0.895. The summed E-state index contributed by atoms with van der Waals surface area (Å²) in [5.74, 6) is -1.63. The molecule has 0 radical (unpaired) electrons. The third-order valence-corrected chi connectivity index (χ3v) is 10.1. The van der Waals surface area contributed by atoms with Crippen molar-refractivity contribution in [1.29, 1.82) is 0 Å². The zero-order chi connectivity index (χ0) is 29.2. The summed E-state index contributed by atoms with van der Waals surface area (Å²) in [6, 6.07) is 0. The van der Waals surface area contributed by atoms with Gasteiger partial charge in [-0.3, -0.25) is 9.59 Å². The fourth-order valence-corrected chi connectivity index (χ4v) is 7.09. The lowest BCUT2D eigenvalue weighted by Crippen LogP contribution is -2.50. The van der Waals surface area contributed by atoms with Crippen molar-refractivity contribution in [2.45, 2.75) is 118 Å². The molecule has 1 N–H and O–H groups in total. The van der Waals surface area contributed by atoms with E-state index in [9.17, 15) is 19.5 Å². The molecule has 0 saturated heterocycles. The minimum absolute atomic E-state index is 0.0604. The van der Waals surface area contributed by atoms with Crippen LogP contribution in [-0.4, -0.2) is 41.1 Å². The SMILES string of the molecule is C/C=C(\C)C(=O)OCC1=CC2C(=O)C3(C=C(C)C(O)C3C1)[C@H](C)C[C@@](C)(OC(=O)CCCCCCC)C2(C)C. The van der Waals surface area contributed by atoms with Crippen molar-refractivity contribution >= 4 is 17.7 Å². The Morgan fingerprint density at radius 1 is 1.15 bits per heavy atom. The predicted molar refractivity (Wildman–Crippen MR) is 153 cm³/mol. The fourth-order valence-electron chi connectivity index (χ4n) is 7.09. The summed E-state index contributed by atoms with van der Waals surface area (Å²) < 4.78 is 12.0. The topological polar surface area (TPSA) is 89.9 Å². The summed E-state index contributed by atoms with van der Waals surface area (Å²) in [5, 5.41) is 11.3. The molecule has 6 nitrogen and oxygen atoms in total. The van der Waals surface area contributed by atoms with Gasteiger partial charge in [0.1, 0.15) is 12.2 Å². The maximum atomic E-state index is 14.6. The number of esters is 2. The zero-order valence-electron chi connectivity index (χ0n) is 25.4. The zero-order valence-corrected chi connectivity index (χ0v) is 25.4. The van der Waals surface area contributed by atoms with Gasteiger partial charge >= 0.3 is 11.9 Å². The van der Waals surface area contributed by atoms with Gasteiger partial charge in [-0.1, -0.05) is 71.6 Å². The Morgan fingerprint density at radius 3 is 2.46 bits per heavy atom. The molecule has 4 unspecified atom stereocenters. The van der Waals surface area contributed by atoms with E-state index in [1.807, 2.05) is 39.8 Å². The Hall–Kier alpha value is -2.21. The van der Waals surface area contributed by atoms with E-state index in [1.165, 1.54) is 6.42 Å². The van der Waals surface area contributed by atoms with E-state index in [1.54, 1.807) is 19.9 Å². The van der Waals surface area contributed by atoms with Crippen molar-refractivity contribution < 1.29 is 29.0 Å². The van der Waals surface area contributed by atoms with Crippen LogP contribution in [0.5, 0.6) is 0 Å². The summed E-state index contributed by atoms with van der Waals surface area (Å²) in [5.41, 5.74) is -0.351. The molecular formula is C33H50O6. The summed E-state index contributed by atoms with van der Waals surface area (Å²) >= 11 is 0. The molecular weight excluding hydrogens is 492 g/mol. The molecule has 0 aromatic carbocycles. The van der Waals surface area contributed by atoms with E-state index in [-0.39, 0.29) is 30.2 Å². The summed E-state index contributed by atoms with van der Waals surface area (Å²) in [4.78, 5) is 40.2. The van der Waals surface area contributed by atoms with Crippen LogP contribution in [0.3, 0.4) is 0 Å². The molecule has 0 heterocycles. The van der Waals surface area contributed by atoms with E-state index in [4.69, 9.17) is 9.47 Å². The molecule has 1 fully saturated rings. The molecule has 2 bridgehead atoms. The first-order chi connectivity index (χ1) is 18.2. The molecule has 6 atom stereocenters. The predicted octanol–water partition coefficient (Wildman–Crippen LogP) is 6.66. The highest BCUT2D eigenvalue weighted by atomic mass is 16.6. The smallest absolute Gasteiger partial charge is 0.333 e. The van der Waals surface area contributed by atoms with Crippen LogP contribution in [0.25, 0.3) is 0 Å². The van der Waals surface area contributed by atoms with Gasteiger partial charge in [0.15, 0.2) is 5.78 Å². The standard InChI is InChI=1S/C33H50O6/c1-9-11-12-13-14-15-27(34)39-32(8)19-23(5)33-18-22(4)28(35)25(33)16-24(20-38-30(37)21(3)10-2)17-26(29(33)36)31(32,6)7/h10,17-18,23,25-26,28,35H,9,11-16,19-20H2,1-8H3/b21-10+/t23-,25?,26?,28?,32-,33?/m1/s1. The van der Waals surface area contributed by atoms with Crippen LogP contribution in [0.15, 0.2) is 34.9 Å². The van der Waals surface area contributed by atoms with Crippen molar-refractivity contribution in [3.8, 4) is 0 Å². The number of ether oxygens (including phenoxy) is 2. The monoisotopic (exact) mass is 542 g/mol. The Kier molecular flexibility index (Phi) is 9.73. The van der Waals surface area contributed by atoms with Gasteiger partial charge in [0, 0.05) is 29.2 Å². The molecule has 0 aromatic rings. The average Bonchev–Trinajstić information content (AvgIpc) is 3.03. The lowest BCUT2D eigenvalue weighted by atomic mass is 9.63. The van der Waals surface area contributed by atoms with E-state index >= 15 is 0 Å². The van der Waals surface area contributed by atoms with Gasteiger partial charge in [0.25, 0.3) is 0 Å². The Bertz CT molecular complexity index is 1050. The number of carbonyl (C=O) groups excluding carboxylic acids is 3. The third-order valence-electron chi connectivity index (χ3n) is 10.1. The van der Waals surface area contributed by atoms with Crippen molar-refractivity contribution in [2.75, 3.05) is 6.61 Å². The average molecular weight is 543 g/mol. The molecule has 0 amide bonds. The number of rotatable bonds is 10. The lowest BCUT2D eigenvalue weighted by molar-refractivity contribution is -0.178. The number of Topliss-reactive ketones (excluding diaryl/α,β-unsaturated/α-hetero) is 1. The van der Waals surface area contributed by atoms with Gasteiger partial charge in [0.05, 0.1) is 11.5 Å². The summed E-state index contributed by atoms with van der Waals surface area (Å²) in [7, 11) is 0. The van der Waals surface area contributed by atoms with E-state index < -0.39 is 34.4 Å². The van der Waals surface area contributed by atoms with Gasteiger partial charge < -0.3 is 14.6 Å². The Morgan fingerprint density at radius 2 is 1.82 bits per heavy atom. The number of aliphatic hydroxyl groups excluding tert-OH is 1. The molecule has 3 aliphatic rings. The quantitative estimate of drug-likeness (QED) is 0.144. The highest BCUT2D eigenvalue weighted by molar-refractivity contribution is 5.94. The molecule has 39 heavy (non-hydrogen) atoms. The van der Waals surface area contributed by atoms with E-state index in [2.05, 4.69) is 13.8 Å². The fraction of sp³-hybridized carbons (Fsp3) is 0.727. The first-order valence-corrected chi connectivity index (χ1v) is 14.9. The minimum Gasteiger partial charge on any atom is -0.459 e. The maximum Gasteiger partial charge on any atom is 0.333 e. The molecule has 6 heteroatoms. The molecule has 3 rings (SSSR count). The van der Waals surface area contributed by atoms with Gasteiger partial charge in [-0.2, -0.15) is 0 Å². The van der Waals surface area contributed by atoms with E-state index in [0.717, 1.165) is 36.8 Å². The normalized spacial score (nSPS) is 33.9. The van der Waals surface area contributed by atoms with E-state index in [0.29, 0.717) is 24.8 Å². The second kappa shape index (κ2) is 12.1. The summed E-state index contributed by atoms with van der Waals surface area (Å²) in [6.07, 6.45) is 11.5. The first-order valence-electron chi connectivity index (χ1n) is 14.9. The molecule has 218 valence electrons. The number of ketones is 1. The van der Waals surface area contributed by atoms with Crippen LogP contribution in [0.1, 0.15) is 107 Å². The molecule has 0 aliphatic heterocycles. The van der Waals surface area contributed by atoms with Crippen LogP contribution in [0.4, 0.5) is 0 Å². The molecule has 0 aromatic heterocycles. The van der Waals surface area contributed by atoms with Crippen LogP contribution < -0.4 is 0 Å². The number of aliphatic hydroxyl groups is 1. The van der Waals surface area contributed by atoms with Gasteiger partial charge in [-0.05, 0) is 64.0 Å². The number of hydrogen-bond donors (Lipinski definition) is 1. The van der Waals surface area contributed by atoms with Gasteiger partial charge in [-0.25, -0.2) is 4.79 Å². The lowest BCUT2D eigenvalue weighted by Gasteiger charge is -2.46. The van der Waals surface area contributed by atoms with Gasteiger partial charge in [0.2, 0.25) is 0 Å². The molecule has 3 aliphatic carbocycles.